The Morgan fingerprint density at radius 3 is 2.55 bits per heavy atom. The molecule has 0 heterocycles. The van der Waals surface area contributed by atoms with Gasteiger partial charge in [-0.05, 0) is 23.8 Å². The molecule has 0 aliphatic carbocycles. The van der Waals surface area contributed by atoms with Gasteiger partial charge in [0, 0.05) is 0 Å². The number of hydrogen-bond acceptors (Lipinski definition) is 3. The first kappa shape index (κ1) is 14.0. The van der Waals surface area contributed by atoms with Crippen LogP contribution in [0, 0.1) is 5.82 Å². The largest absolute Gasteiger partial charge is 0.507 e. The van der Waals surface area contributed by atoms with E-state index in [1.165, 1.54) is 0 Å². The van der Waals surface area contributed by atoms with Crippen LogP contribution in [-0.2, 0) is 0 Å². The third-order valence-corrected chi connectivity index (χ3v) is 2.89. The lowest BCUT2D eigenvalue weighted by Gasteiger charge is -2.17. The molecular formula is C15H14FNO3. The van der Waals surface area contributed by atoms with Gasteiger partial charge >= 0.3 is 0 Å². The SMILES string of the molecule is O=C(N[C@@H](CO)c1ccccc1)c1cc(F)ccc1O. The molecule has 0 aromatic heterocycles. The molecule has 2 rings (SSSR count). The predicted molar refractivity (Wildman–Crippen MR) is 71.8 cm³/mol. The summed E-state index contributed by atoms with van der Waals surface area (Å²) < 4.78 is 13.1. The summed E-state index contributed by atoms with van der Waals surface area (Å²) in [5, 5.41) is 21.5. The molecule has 5 heteroatoms. The summed E-state index contributed by atoms with van der Waals surface area (Å²) in [4.78, 5) is 12.0. The van der Waals surface area contributed by atoms with Gasteiger partial charge < -0.3 is 15.5 Å². The van der Waals surface area contributed by atoms with Gasteiger partial charge in [0.15, 0.2) is 0 Å². The van der Waals surface area contributed by atoms with E-state index in [1.807, 2.05) is 6.07 Å². The van der Waals surface area contributed by atoms with E-state index in [-0.39, 0.29) is 17.9 Å². The average Bonchev–Trinajstić information content (AvgIpc) is 2.48. The first-order valence-electron chi connectivity index (χ1n) is 6.07. The molecular weight excluding hydrogens is 261 g/mol. The first-order chi connectivity index (χ1) is 9.61. The standard InChI is InChI=1S/C15H14FNO3/c16-11-6-7-14(19)12(8-11)15(20)17-13(9-18)10-4-2-1-3-5-10/h1-8,13,18-19H,9H2,(H,17,20)/t13-/m0/s1. The van der Waals surface area contributed by atoms with Gasteiger partial charge in [0.1, 0.15) is 11.6 Å². The van der Waals surface area contributed by atoms with Crippen molar-refractivity contribution in [2.75, 3.05) is 6.61 Å². The molecule has 0 spiro atoms. The highest BCUT2D eigenvalue weighted by Gasteiger charge is 2.17. The third kappa shape index (κ3) is 3.13. The van der Waals surface area contributed by atoms with Crippen LogP contribution in [0.3, 0.4) is 0 Å². The molecule has 2 aromatic rings. The number of halogens is 1. The van der Waals surface area contributed by atoms with E-state index < -0.39 is 17.8 Å². The Bertz CT molecular complexity index is 601. The maximum absolute atomic E-state index is 13.1. The van der Waals surface area contributed by atoms with Crippen LogP contribution in [0.4, 0.5) is 4.39 Å². The number of aliphatic hydroxyl groups excluding tert-OH is 1. The molecule has 0 radical (unpaired) electrons. The number of aliphatic hydroxyl groups is 1. The van der Waals surface area contributed by atoms with Crippen LogP contribution in [0.25, 0.3) is 0 Å². The zero-order valence-corrected chi connectivity index (χ0v) is 10.6. The molecule has 0 saturated carbocycles. The molecule has 1 atom stereocenters. The zero-order chi connectivity index (χ0) is 14.5. The summed E-state index contributed by atoms with van der Waals surface area (Å²) in [7, 11) is 0. The van der Waals surface area contributed by atoms with Crippen LogP contribution >= 0.6 is 0 Å². The first-order valence-corrected chi connectivity index (χ1v) is 6.07. The number of carbonyl (C=O) groups excluding carboxylic acids is 1. The summed E-state index contributed by atoms with van der Waals surface area (Å²) in [6.07, 6.45) is 0. The highest BCUT2D eigenvalue weighted by molar-refractivity contribution is 5.97. The second-order valence-electron chi connectivity index (χ2n) is 4.28. The zero-order valence-electron chi connectivity index (χ0n) is 10.6. The van der Waals surface area contributed by atoms with Crippen molar-refractivity contribution in [3.8, 4) is 5.75 Å². The maximum Gasteiger partial charge on any atom is 0.255 e. The number of aromatic hydroxyl groups is 1. The smallest absolute Gasteiger partial charge is 0.255 e. The van der Waals surface area contributed by atoms with Gasteiger partial charge in [-0.15, -0.1) is 0 Å². The molecule has 0 saturated heterocycles. The Labute approximate surface area is 115 Å². The van der Waals surface area contributed by atoms with Gasteiger partial charge in [0.05, 0.1) is 18.2 Å². The number of phenols is 1. The van der Waals surface area contributed by atoms with Crippen molar-refractivity contribution in [3.05, 3.63) is 65.5 Å². The normalized spacial score (nSPS) is 11.9. The minimum Gasteiger partial charge on any atom is -0.507 e. The van der Waals surface area contributed by atoms with Crippen molar-refractivity contribution in [1.29, 1.82) is 0 Å². The molecule has 0 fully saturated rings. The van der Waals surface area contributed by atoms with Gasteiger partial charge in [-0.25, -0.2) is 4.39 Å². The van der Waals surface area contributed by atoms with E-state index in [4.69, 9.17) is 0 Å². The predicted octanol–water partition coefficient (Wildman–Crippen LogP) is 1.99. The minimum absolute atomic E-state index is 0.167. The monoisotopic (exact) mass is 275 g/mol. The van der Waals surface area contributed by atoms with E-state index in [1.54, 1.807) is 24.3 Å². The van der Waals surface area contributed by atoms with Crippen LogP contribution in [0.15, 0.2) is 48.5 Å². The van der Waals surface area contributed by atoms with Crippen molar-refractivity contribution in [3.63, 3.8) is 0 Å². The summed E-state index contributed by atoms with van der Waals surface area (Å²) in [5.74, 6) is -1.58. The Morgan fingerprint density at radius 2 is 1.90 bits per heavy atom. The molecule has 0 unspecified atom stereocenters. The number of nitrogens with one attached hydrogen (secondary N) is 1. The van der Waals surface area contributed by atoms with Crippen molar-refractivity contribution < 1.29 is 19.4 Å². The molecule has 2 aromatic carbocycles. The van der Waals surface area contributed by atoms with Crippen molar-refractivity contribution in [2.45, 2.75) is 6.04 Å². The Balaban J connectivity index is 2.20. The molecule has 20 heavy (non-hydrogen) atoms. The third-order valence-electron chi connectivity index (χ3n) is 2.89. The van der Waals surface area contributed by atoms with E-state index in [0.717, 1.165) is 23.8 Å². The van der Waals surface area contributed by atoms with E-state index in [0.29, 0.717) is 0 Å². The number of phenolic OH excluding ortho intramolecular Hbond substituents is 1. The second-order valence-corrected chi connectivity index (χ2v) is 4.28. The highest BCUT2D eigenvalue weighted by Crippen LogP contribution is 2.19. The summed E-state index contributed by atoms with van der Waals surface area (Å²) in [5.41, 5.74) is 0.554. The van der Waals surface area contributed by atoms with E-state index >= 15 is 0 Å². The van der Waals surface area contributed by atoms with Crippen molar-refractivity contribution in [1.82, 2.24) is 5.32 Å². The van der Waals surface area contributed by atoms with Crippen LogP contribution in [-0.4, -0.2) is 22.7 Å². The summed E-state index contributed by atoms with van der Waals surface area (Å²) in [6.45, 7) is -0.300. The molecule has 0 bridgehead atoms. The number of carbonyl (C=O) groups is 1. The Kier molecular flexibility index (Phi) is 4.32. The number of benzene rings is 2. The van der Waals surface area contributed by atoms with Gasteiger partial charge in [0.2, 0.25) is 0 Å². The summed E-state index contributed by atoms with van der Waals surface area (Å²) in [6, 6.07) is 11.4. The Morgan fingerprint density at radius 1 is 1.20 bits per heavy atom. The van der Waals surface area contributed by atoms with Crippen LogP contribution in [0.2, 0.25) is 0 Å². The molecule has 104 valence electrons. The van der Waals surface area contributed by atoms with Gasteiger partial charge in [-0.3, -0.25) is 4.79 Å². The highest BCUT2D eigenvalue weighted by atomic mass is 19.1. The molecule has 0 aliphatic heterocycles. The lowest BCUT2D eigenvalue weighted by atomic mass is 10.1. The lowest BCUT2D eigenvalue weighted by molar-refractivity contribution is 0.0913. The van der Waals surface area contributed by atoms with Crippen molar-refractivity contribution >= 4 is 5.91 Å². The van der Waals surface area contributed by atoms with Crippen LogP contribution in [0.1, 0.15) is 22.0 Å². The summed E-state index contributed by atoms with van der Waals surface area (Å²) >= 11 is 0. The molecule has 1 amide bonds. The van der Waals surface area contributed by atoms with Gasteiger partial charge in [-0.2, -0.15) is 0 Å². The number of rotatable bonds is 4. The minimum atomic E-state index is -0.648. The fourth-order valence-electron chi connectivity index (χ4n) is 1.85. The average molecular weight is 275 g/mol. The lowest BCUT2D eigenvalue weighted by Crippen LogP contribution is -2.30. The maximum atomic E-state index is 13.1. The topological polar surface area (TPSA) is 69.6 Å². The van der Waals surface area contributed by atoms with Gasteiger partial charge in [0.25, 0.3) is 5.91 Å². The number of amides is 1. The molecule has 3 N–H and O–H groups in total. The van der Waals surface area contributed by atoms with Crippen LogP contribution in [0.5, 0.6) is 5.75 Å². The second kappa shape index (κ2) is 6.16. The van der Waals surface area contributed by atoms with E-state index in [2.05, 4.69) is 5.32 Å². The fraction of sp³-hybridized carbons (Fsp3) is 0.133. The Hall–Kier alpha value is -2.40. The van der Waals surface area contributed by atoms with Crippen LogP contribution < -0.4 is 5.32 Å². The quantitative estimate of drug-likeness (QED) is 0.799. The van der Waals surface area contributed by atoms with Crippen molar-refractivity contribution in [2.24, 2.45) is 0 Å². The number of hydrogen-bond donors (Lipinski definition) is 3. The molecule has 0 aliphatic rings. The molecule has 4 nitrogen and oxygen atoms in total. The van der Waals surface area contributed by atoms with Gasteiger partial charge in [-0.1, -0.05) is 30.3 Å². The fourth-order valence-corrected chi connectivity index (χ4v) is 1.85. The van der Waals surface area contributed by atoms with E-state index in [9.17, 15) is 19.4 Å².